The van der Waals surface area contributed by atoms with E-state index in [4.69, 9.17) is 9.15 Å². The molecule has 0 saturated carbocycles. The number of nitrogens with zero attached hydrogens (tertiary/aromatic N) is 2. The average molecular weight is 385 g/mol. The standard InChI is InChI=1S/C20H23N3O5/c24-16(13-23-8-4-3-7-17(23)25)21-18-14-5-1-2-6-15(14)28-19(18)20(26)22-9-11-27-12-10-22/h1-2,5-6H,3-4,7-13H2,(H,21,24). The summed E-state index contributed by atoms with van der Waals surface area (Å²) >= 11 is 0. The van der Waals surface area contributed by atoms with Crippen molar-refractivity contribution in [3.63, 3.8) is 0 Å². The molecular formula is C20H23N3O5. The molecule has 3 heterocycles. The minimum Gasteiger partial charge on any atom is -0.449 e. The zero-order valence-corrected chi connectivity index (χ0v) is 15.6. The van der Waals surface area contributed by atoms with Crippen LogP contribution in [0.25, 0.3) is 11.0 Å². The summed E-state index contributed by atoms with van der Waals surface area (Å²) in [6.45, 7) is 2.47. The predicted molar refractivity (Wildman–Crippen MR) is 102 cm³/mol. The molecule has 28 heavy (non-hydrogen) atoms. The summed E-state index contributed by atoms with van der Waals surface area (Å²) in [7, 11) is 0. The summed E-state index contributed by atoms with van der Waals surface area (Å²) in [6, 6.07) is 7.20. The number of amides is 3. The number of morpholine rings is 1. The smallest absolute Gasteiger partial charge is 0.291 e. The van der Waals surface area contributed by atoms with E-state index in [0.717, 1.165) is 12.8 Å². The van der Waals surface area contributed by atoms with Gasteiger partial charge in [0, 0.05) is 31.4 Å². The lowest BCUT2D eigenvalue weighted by Gasteiger charge is -2.27. The number of anilines is 1. The molecule has 0 bridgehead atoms. The minimum atomic E-state index is -0.335. The molecule has 4 rings (SSSR count). The van der Waals surface area contributed by atoms with E-state index in [9.17, 15) is 14.4 Å². The van der Waals surface area contributed by atoms with Gasteiger partial charge in [0.05, 0.1) is 19.8 Å². The molecular weight excluding hydrogens is 362 g/mol. The van der Waals surface area contributed by atoms with E-state index in [1.165, 1.54) is 0 Å². The Morgan fingerprint density at radius 3 is 2.64 bits per heavy atom. The van der Waals surface area contributed by atoms with Crippen molar-refractivity contribution in [2.45, 2.75) is 19.3 Å². The Bertz CT molecular complexity index is 900. The van der Waals surface area contributed by atoms with E-state index in [1.54, 1.807) is 21.9 Å². The Kier molecular flexibility index (Phi) is 5.29. The third-order valence-electron chi connectivity index (χ3n) is 5.11. The summed E-state index contributed by atoms with van der Waals surface area (Å²) in [5.41, 5.74) is 0.894. The fraction of sp³-hybridized carbons (Fsp3) is 0.450. The summed E-state index contributed by atoms with van der Waals surface area (Å²) in [5, 5.41) is 3.48. The normalized spacial score (nSPS) is 17.8. The van der Waals surface area contributed by atoms with E-state index in [1.807, 2.05) is 12.1 Å². The van der Waals surface area contributed by atoms with Crippen LogP contribution in [-0.2, 0) is 14.3 Å². The summed E-state index contributed by atoms with van der Waals surface area (Å²) in [6.07, 6.45) is 2.23. The molecule has 3 amide bonds. The SMILES string of the molecule is O=C(CN1CCCCC1=O)Nc1c(C(=O)N2CCOCC2)oc2ccccc12. The Balaban J connectivity index is 1.58. The molecule has 0 unspecified atom stereocenters. The van der Waals surface area contributed by atoms with Crippen LogP contribution in [0.3, 0.4) is 0 Å². The topological polar surface area (TPSA) is 92.1 Å². The van der Waals surface area contributed by atoms with Gasteiger partial charge in [0.1, 0.15) is 11.3 Å². The first-order chi connectivity index (χ1) is 13.6. The molecule has 2 saturated heterocycles. The zero-order valence-electron chi connectivity index (χ0n) is 15.6. The van der Waals surface area contributed by atoms with Crippen LogP contribution in [0.15, 0.2) is 28.7 Å². The van der Waals surface area contributed by atoms with Gasteiger partial charge in [-0.15, -0.1) is 0 Å². The Labute approximate surface area is 162 Å². The van der Waals surface area contributed by atoms with E-state index in [-0.39, 0.29) is 30.0 Å². The Hall–Kier alpha value is -2.87. The number of likely N-dealkylation sites (tertiary alicyclic amines) is 1. The molecule has 0 radical (unpaired) electrons. The highest BCUT2D eigenvalue weighted by Gasteiger charge is 2.28. The first-order valence-electron chi connectivity index (χ1n) is 9.59. The minimum absolute atomic E-state index is 0.0110. The number of fused-ring (bicyclic) bond motifs is 1. The van der Waals surface area contributed by atoms with Crippen LogP contribution in [-0.4, -0.2) is 66.9 Å². The molecule has 1 N–H and O–H groups in total. The molecule has 1 aromatic heterocycles. The van der Waals surface area contributed by atoms with E-state index < -0.39 is 0 Å². The lowest BCUT2D eigenvalue weighted by Crippen LogP contribution is -2.42. The van der Waals surface area contributed by atoms with Crippen LogP contribution in [0.2, 0.25) is 0 Å². The molecule has 0 spiro atoms. The molecule has 1 aromatic carbocycles. The number of ether oxygens (including phenoxy) is 1. The number of rotatable bonds is 4. The first-order valence-corrected chi connectivity index (χ1v) is 9.59. The maximum atomic E-state index is 13.0. The summed E-state index contributed by atoms with van der Waals surface area (Å²) in [5.74, 6) is -0.508. The van der Waals surface area contributed by atoms with Gasteiger partial charge in [-0.05, 0) is 25.0 Å². The van der Waals surface area contributed by atoms with Crippen molar-refractivity contribution in [1.82, 2.24) is 9.80 Å². The number of para-hydroxylation sites is 1. The fourth-order valence-electron chi connectivity index (χ4n) is 3.61. The lowest BCUT2D eigenvalue weighted by molar-refractivity contribution is -0.136. The number of benzene rings is 1. The van der Waals surface area contributed by atoms with Crippen molar-refractivity contribution in [1.29, 1.82) is 0 Å². The largest absolute Gasteiger partial charge is 0.449 e. The maximum Gasteiger partial charge on any atom is 0.291 e. The van der Waals surface area contributed by atoms with Crippen molar-refractivity contribution in [3.8, 4) is 0 Å². The quantitative estimate of drug-likeness (QED) is 0.867. The van der Waals surface area contributed by atoms with E-state index in [2.05, 4.69) is 5.32 Å². The second-order valence-corrected chi connectivity index (χ2v) is 7.03. The highest BCUT2D eigenvalue weighted by Crippen LogP contribution is 2.32. The number of furan rings is 1. The number of nitrogens with one attached hydrogen (secondary N) is 1. The van der Waals surface area contributed by atoms with Crippen molar-refractivity contribution in [2.75, 3.05) is 44.7 Å². The summed E-state index contributed by atoms with van der Waals surface area (Å²) in [4.78, 5) is 40.8. The average Bonchev–Trinajstić information content (AvgIpc) is 3.08. The van der Waals surface area contributed by atoms with Gasteiger partial charge in [0.2, 0.25) is 17.6 Å². The highest BCUT2D eigenvalue weighted by atomic mass is 16.5. The molecule has 8 heteroatoms. The van der Waals surface area contributed by atoms with Crippen LogP contribution in [0.4, 0.5) is 5.69 Å². The van der Waals surface area contributed by atoms with Crippen molar-refractivity contribution in [3.05, 3.63) is 30.0 Å². The van der Waals surface area contributed by atoms with Gasteiger partial charge in [-0.3, -0.25) is 14.4 Å². The van der Waals surface area contributed by atoms with E-state index >= 15 is 0 Å². The van der Waals surface area contributed by atoms with Gasteiger partial charge in [0.15, 0.2) is 0 Å². The molecule has 8 nitrogen and oxygen atoms in total. The molecule has 148 valence electrons. The number of carbonyl (C=O) groups excluding carboxylic acids is 3. The van der Waals surface area contributed by atoms with Gasteiger partial charge < -0.3 is 24.3 Å². The van der Waals surface area contributed by atoms with Crippen LogP contribution in [0, 0.1) is 0 Å². The van der Waals surface area contributed by atoms with Gasteiger partial charge in [-0.2, -0.15) is 0 Å². The number of hydrogen-bond donors (Lipinski definition) is 1. The second kappa shape index (κ2) is 8.02. The zero-order chi connectivity index (χ0) is 19.5. The van der Waals surface area contributed by atoms with Crippen LogP contribution < -0.4 is 5.32 Å². The molecule has 2 fully saturated rings. The third-order valence-corrected chi connectivity index (χ3v) is 5.11. The van der Waals surface area contributed by atoms with Crippen molar-refractivity contribution < 1.29 is 23.5 Å². The van der Waals surface area contributed by atoms with Crippen molar-refractivity contribution in [2.24, 2.45) is 0 Å². The fourth-order valence-corrected chi connectivity index (χ4v) is 3.61. The van der Waals surface area contributed by atoms with Crippen LogP contribution >= 0.6 is 0 Å². The number of hydrogen-bond acceptors (Lipinski definition) is 5. The van der Waals surface area contributed by atoms with Crippen LogP contribution in [0.1, 0.15) is 29.8 Å². The highest BCUT2D eigenvalue weighted by molar-refractivity contribution is 6.11. The second-order valence-electron chi connectivity index (χ2n) is 7.03. The Morgan fingerprint density at radius 1 is 1.07 bits per heavy atom. The monoisotopic (exact) mass is 385 g/mol. The molecule has 2 aliphatic rings. The van der Waals surface area contributed by atoms with Crippen LogP contribution in [0.5, 0.6) is 0 Å². The molecule has 2 aromatic rings. The van der Waals surface area contributed by atoms with E-state index in [0.29, 0.717) is 55.9 Å². The summed E-state index contributed by atoms with van der Waals surface area (Å²) < 4.78 is 11.1. The lowest BCUT2D eigenvalue weighted by atomic mass is 10.1. The third kappa shape index (κ3) is 3.73. The predicted octanol–water partition coefficient (Wildman–Crippen LogP) is 1.86. The van der Waals surface area contributed by atoms with Gasteiger partial charge in [-0.25, -0.2) is 0 Å². The molecule has 2 aliphatic heterocycles. The Morgan fingerprint density at radius 2 is 1.86 bits per heavy atom. The van der Waals surface area contributed by atoms with Gasteiger partial charge in [-0.1, -0.05) is 12.1 Å². The molecule has 0 aliphatic carbocycles. The van der Waals surface area contributed by atoms with Gasteiger partial charge in [0.25, 0.3) is 5.91 Å². The number of carbonyl (C=O) groups is 3. The van der Waals surface area contributed by atoms with Crippen molar-refractivity contribution >= 4 is 34.4 Å². The first kappa shape index (κ1) is 18.5. The van der Waals surface area contributed by atoms with Gasteiger partial charge >= 0.3 is 0 Å². The maximum absolute atomic E-state index is 13.0. The molecule has 0 atom stereocenters. The number of piperidine rings is 1.